The molecule has 1 saturated carbocycles. The Balaban J connectivity index is 1.88. The third-order valence-corrected chi connectivity index (χ3v) is 3.36. The van der Waals surface area contributed by atoms with Crippen LogP contribution in [-0.4, -0.2) is 12.5 Å². The Labute approximate surface area is 102 Å². The van der Waals surface area contributed by atoms with E-state index in [1.165, 1.54) is 18.9 Å². The second-order valence-electron chi connectivity index (χ2n) is 4.12. The molecule has 0 bridgehead atoms. The number of halogens is 2. The van der Waals surface area contributed by atoms with Gasteiger partial charge in [0, 0.05) is 12.1 Å². The first kappa shape index (κ1) is 11.6. The summed E-state index contributed by atoms with van der Waals surface area (Å²) in [4.78, 5) is 11.6. The van der Waals surface area contributed by atoms with Gasteiger partial charge in [0.25, 0.3) is 5.91 Å². The van der Waals surface area contributed by atoms with Crippen molar-refractivity contribution < 1.29 is 9.18 Å². The molecule has 0 radical (unpaired) electrons. The zero-order valence-electron chi connectivity index (χ0n) is 8.80. The second-order valence-corrected chi connectivity index (χ2v) is 4.97. The molecule has 0 aromatic heterocycles. The van der Waals surface area contributed by atoms with Crippen molar-refractivity contribution in [1.29, 1.82) is 0 Å². The Morgan fingerprint density at radius 1 is 1.50 bits per heavy atom. The van der Waals surface area contributed by atoms with Gasteiger partial charge in [-0.1, -0.05) is 12.8 Å². The fourth-order valence-electron chi connectivity index (χ4n) is 1.54. The van der Waals surface area contributed by atoms with Crippen LogP contribution in [0.2, 0.25) is 0 Å². The van der Waals surface area contributed by atoms with Crippen LogP contribution in [-0.2, 0) is 0 Å². The average Bonchev–Trinajstić information content (AvgIpc) is 3.06. The van der Waals surface area contributed by atoms with Crippen molar-refractivity contribution in [2.45, 2.75) is 19.3 Å². The van der Waals surface area contributed by atoms with E-state index in [9.17, 15) is 9.18 Å². The van der Waals surface area contributed by atoms with Gasteiger partial charge in [0.1, 0.15) is 5.82 Å². The molecule has 86 valence electrons. The molecule has 0 aliphatic heterocycles. The van der Waals surface area contributed by atoms with Crippen LogP contribution in [0.5, 0.6) is 0 Å². The van der Waals surface area contributed by atoms with Gasteiger partial charge in [0.2, 0.25) is 0 Å². The molecule has 1 aliphatic carbocycles. The number of rotatable bonds is 4. The Kier molecular flexibility index (Phi) is 3.59. The number of hydrogen-bond donors (Lipinski definition) is 1. The molecule has 1 amide bonds. The minimum atomic E-state index is -0.408. The van der Waals surface area contributed by atoms with Crippen LogP contribution in [0, 0.1) is 11.7 Å². The van der Waals surface area contributed by atoms with Gasteiger partial charge in [-0.2, -0.15) is 0 Å². The summed E-state index contributed by atoms with van der Waals surface area (Å²) in [6.45, 7) is 0.682. The molecule has 0 saturated heterocycles. The highest BCUT2D eigenvalue weighted by molar-refractivity contribution is 9.10. The van der Waals surface area contributed by atoms with Crippen molar-refractivity contribution in [3.63, 3.8) is 0 Å². The molecule has 0 atom stereocenters. The van der Waals surface area contributed by atoms with Crippen molar-refractivity contribution in [1.82, 2.24) is 5.32 Å². The molecular formula is C12H13BrFNO. The van der Waals surface area contributed by atoms with Crippen molar-refractivity contribution in [3.05, 3.63) is 34.1 Å². The van der Waals surface area contributed by atoms with E-state index < -0.39 is 5.82 Å². The van der Waals surface area contributed by atoms with Crippen LogP contribution in [0.4, 0.5) is 4.39 Å². The van der Waals surface area contributed by atoms with E-state index in [0.717, 1.165) is 12.3 Å². The lowest BCUT2D eigenvalue weighted by molar-refractivity contribution is 0.0952. The summed E-state index contributed by atoms with van der Waals surface area (Å²) < 4.78 is 13.5. The van der Waals surface area contributed by atoms with Gasteiger partial charge in [-0.05, 0) is 46.5 Å². The van der Waals surface area contributed by atoms with E-state index in [0.29, 0.717) is 16.6 Å². The van der Waals surface area contributed by atoms with Crippen LogP contribution in [0.15, 0.2) is 22.7 Å². The van der Waals surface area contributed by atoms with Crippen LogP contribution in [0.25, 0.3) is 0 Å². The van der Waals surface area contributed by atoms with Gasteiger partial charge >= 0.3 is 0 Å². The Hall–Kier alpha value is -0.900. The summed E-state index contributed by atoms with van der Waals surface area (Å²) in [5, 5.41) is 2.80. The molecule has 4 heteroatoms. The molecule has 1 aromatic carbocycles. The molecule has 16 heavy (non-hydrogen) atoms. The predicted molar refractivity (Wildman–Crippen MR) is 63.8 cm³/mol. The molecule has 2 rings (SSSR count). The second kappa shape index (κ2) is 4.95. The molecule has 1 aliphatic rings. The molecule has 1 fully saturated rings. The van der Waals surface area contributed by atoms with E-state index in [1.54, 1.807) is 12.1 Å². The largest absolute Gasteiger partial charge is 0.352 e. The van der Waals surface area contributed by atoms with Crippen molar-refractivity contribution in [2.24, 2.45) is 5.92 Å². The fourth-order valence-corrected chi connectivity index (χ4v) is 1.78. The molecule has 0 spiro atoms. The number of hydrogen-bond acceptors (Lipinski definition) is 1. The van der Waals surface area contributed by atoms with Crippen molar-refractivity contribution in [2.75, 3.05) is 6.54 Å². The van der Waals surface area contributed by atoms with Crippen molar-refractivity contribution >= 4 is 21.8 Å². The summed E-state index contributed by atoms with van der Waals surface area (Å²) in [6.07, 6.45) is 3.59. The summed E-state index contributed by atoms with van der Waals surface area (Å²) in [7, 11) is 0. The third kappa shape index (κ3) is 3.04. The maximum Gasteiger partial charge on any atom is 0.251 e. The van der Waals surface area contributed by atoms with Crippen molar-refractivity contribution in [3.8, 4) is 0 Å². The highest BCUT2D eigenvalue weighted by Gasteiger charge is 2.20. The number of carbonyl (C=O) groups excluding carboxylic acids is 1. The number of benzene rings is 1. The zero-order chi connectivity index (χ0) is 11.5. The summed E-state index contributed by atoms with van der Waals surface area (Å²) in [6, 6.07) is 4.40. The number of amides is 1. The van der Waals surface area contributed by atoms with Gasteiger partial charge in [-0.15, -0.1) is 0 Å². The third-order valence-electron chi connectivity index (χ3n) is 2.72. The van der Waals surface area contributed by atoms with E-state index in [-0.39, 0.29) is 5.91 Å². The summed E-state index contributed by atoms with van der Waals surface area (Å²) in [5.41, 5.74) is 0.372. The van der Waals surface area contributed by atoms with Gasteiger partial charge < -0.3 is 5.32 Å². The molecule has 1 N–H and O–H groups in total. The zero-order valence-corrected chi connectivity index (χ0v) is 10.4. The maximum atomic E-state index is 13.2. The Bertz CT molecular complexity index is 404. The highest BCUT2D eigenvalue weighted by atomic mass is 79.9. The fraction of sp³-hybridized carbons (Fsp3) is 0.417. The lowest BCUT2D eigenvalue weighted by Gasteiger charge is -2.05. The molecule has 1 aromatic rings. The molecule has 0 unspecified atom stereocenters. The average molecular weight is 286 g/mol. The Morgan fingerprint density at radius 2 is 2.25 bits per heavy atom. The minimum absolute atomic E-state index is 0.202. The van der Waals surface area contributed by atoms with Gasteiger partial charge in [0.15, 0.2) is 0 Å². The van der Waals surface area contributed by atoms with Crippen LogP contribution in [0.1, 0.15) is 29.6 Å². The summed E-state index contributed by atoms with van der Waals surface area (Å²) in [5.74, 6) is 0.184. The van der Waals surface area contributed by atoms with Gasteiger partial charge in [0.05, 0.1) is 4.47 Å². The van der Waals surface area contributed by atoms with Crippen LogP contribution in [0.3, 0.4) is 0 Å². The maximum absolute atomic E-state index is 13.2. The minimum Gasteiger partial charge on any atom is -0.352 e. The topological polar surface area (TPSA) is 29.1 Å². The van der Waals surface area contributed by atoms with Crippen LogP contribution < -0.4 is 5.32 Å². The number of carbonyl (C=O) groups is 1. The monoisotopic (exact) mass is 285 g/mol. The first-order valence-electron chi connectivity index (χ1n) is 5.40. The van der Waals surface area contributed by atoms with Gasteiger partial charge in [-0.25, -0.2) is 4.39 Å². The van der Waals surface area contributed by atoms with E-state index in [2.05, 4.69) is 21.2 Å². The summed E-state index contributed by atoms with van der Waals surface area (Å²) >= 11 is 3.05. The quantitative estimate of drug-likeness (QED) is 0.905. The van der Waals surface area contributed by atoms with Gasteiger partial charge in [-0.3, -0.25) is 4.79 Å². The first-order chi connectivity index (χ1) is 7.66. The first-order valence-corrected chi connectivity index (χ1v) is 6.19. The predicted octanol–water partition coefficient (Wildman–Crippen LogP) is 3.12. The van der Waals surface area contributed by atoms with E-state index in [4.69, 9.17) is 0 Å². The standard InChI is InChI=1S/C12H13BrFNO/c13-10-4-3-9(7-11(10)14)12(16)15-6-5-8-1-2-8/h3-4,7-8H,1-2,5-6H2,(H,15,16). The molecule has 0 heterocycles. The smallest absolute Gasteiger partial charge is 0.251 e. The normalized spacial score (nSPS) is 14.9. The molecule has 2 nitrogen and oxygen atoms in total. The van der Waals surface area contributed by atoms with E-state index >= 15 is 0 Å². The lowest BCUT2D eigenvalue weighted by atomic mass is 10.2. The number of nitrogens with one attached hydrogen (secondary N) is 1. The molecular weight excluding hydrogens is 273 g/mol. The van der Waals surface area contributed by atoms with Crippen LogP contribution >= 0.6 is 15.9 Å². The Morgan fingerprint density at radius 3 is 2.88 bits per heavy atom. The SMILES string of the molecule is O=C(NCCC1CC1)c1ccc(Br)c(F)c1. The van der Waals surface area contributed by atoms with E-state index in [1.807, 2.05) is 0 Å². The highest BCUT2D eigenvalue weighted by Crippen LogP contribution is 2.31. The lowest BCUT2D eigenvalue weighted by Crippen LogP contribution is -2.24.